The number of halogens is 1. The predicted molar refractivity (Wildman–Crippen MR) is 117 cm³/mol. The average molecular weight is 439 g/mol. The minimum Gasteiger partial charge on any atom is -0.458 e. The SMILES string of the molecule is CC[C@@]1(O)C(=O)OCc2c1cc1n(c2=O)Cc2cc3cc(F)cc([Si](C)(C)C)c3nc2-1. The van der Waals surface area contributed by atoms with E-state index in [4.69, 9.17) is 9.72 Å². The lowest BCUT2D eigenvalue weighted by molar-refractivity contribution is -0.172. The fraction of sp³-hybridized carbons (Fsp3) is 0.348. The van der Waals surface area contributed by atoms with Crippen LogP contribution in [-0.2, 0) is 28.3 Å². The molecule has 8 heteroatoms. The van der Waals surface area contributed by atoms with E-state index in [0.717, 1.165) is 16.3 Å². The number of cyclic esters (lactones) is 1. The highest BCUT2D eigenvalue weighted by Gasteiger charge is 2.45. The van der Waals surface area contributed by atoms with Crippen molar-refractivity contribution >= 4 is 30.1 Å². The second-order valence-electron chi connectivity index (χ2n) is 9.37. The van der Waals surface area contributed by atoms with Crippen LogP contribution in [0.4, 0.5) is 4.39 Å². The fourth-order valence-electron chi connectivity index (χ4n) is 4.63. The molecule has 0 bridgehead atoms. The number of benzene rings is 1. The van der Waals surface area contributed by atoms with Gasteiger partial charge in [-0.05, 0) is 35.9 Å². The second kappa shape index (κ2) is 6.33. The molecule has 0 saturated carbocycles. The van der Waals surface area contributed by atoms with Gasteiger partial charge in [-0.3, -0.25) is 4.79 Å². The van der Waals surface area contributed by atoms with Crippen molar-refractivity contribution < 1.29 is 19.0 Å². The molecule has 31 heavy (non-hydrogen) atoms. The number of hydrogen-bond acceptors (Lipinski definition) is 5. The normalized spacial score (nSPS) is 19.7. The number of fused-ring (bicyclic) bond motifs is 5. The first kappa shape index (κ1) is 20.1. The molecule has 2 aliphatic rings. The van der Waals surface area contributed by atoms with E-state index in [1.807, 2.05) is 6.07 Å². The van der Waals surface area contributed by atoms with Crippen LogP contribution in [0.1, 0.15) is 30.0 Å². The van der Waals surface area contributed by atoms with E-state index in [0.29, 0.717) is 34.4 Å². The summed E-state index contributed by atoms with van der Waals surface area (Å²) in [6.45, 7) is 8.23. The van der Waals surface area contributed by atoms with Crippen LogP contribution in [0.2, 0.25) is 19.6 Å². The molecule has 6 nitrogen and oxygen atoms in total. The number of aromatic nitrogens is 2. The molecule has 5 rings (SSSR count). The molecule has 0 amide bonds. The fourth-order valence-corrected chi connectivity index (χ4v) is 6.11. The number of ether oxygens (including phenoxy) is 1. The molecule has 1 N–H and O–H groups in total. The van der Waals surface area contributed by atoms with Gasteiger partial charge in [0.05, 0.1) is 37.1 Å². The van der Waals surface area contributed by atoms with Crippen LogP contribution in [0.5, 0.6) is 0 Å². The zero-order chi connectivity index (χ0) is 22.3. The van der Waals surface area contributed by atoms with Crippen LogP contribution in [-0.4, -0.2) is 28.7 Å². The molecule has 3 aromatic rings. The van der Waals surface area contributed by atoms with E-state index in [2.05, 4.69) is 19.6 Å². The molecule has 0 aliphatic carbocycles. The third-order valence-electron chi connectivity index (χ3n) is 6.38. The van der Waals surface area contributed by atoms with Crippen LogP contribution in [0, 0.1) is 5.82 Å². The van der Waals surface area contributed by atoms with Gasteiger partial charge in [-0.2, -0.15) is 0 Å². The van der Waals surface area contributed by atoms with Gasteiger partial charge in [0.25, 0.3) is 5.56 Å². The summed E-state index contributed by atoms with van der Waals surface area (Å²) in [5.74, 6) is -1.04. The summed E-state index contributed by atoms with van der Waals surface area (Å²) in [6.07, 6.45) is 0.0960. The molecule has 0 radical (unpaired) electrons. The molecule has 4 heterocycles. The molecule has 160 valence electrons. The molecule has 1 atom stereocenters. The number of aliphatic hydroxyl groups is 1. The highest BCUT2D eigenvalue weighted by molar-refractivity contribution is 6.90. The highest BCUT2D eigenvalue weighted by Crippen LogP contribution is 2.38. The second-order valence-corrected chi connectivity index (χ2v) is 14.4. The van der Waals surface area contributed by atoms with Crippen LogP contribution < -0.4 is 10.7 Å². The Kier molecular flexibility index (Phi) is 4.10. The van der Waals surface area contributed by atoms with E-state index in [1.54, 1.807) is 23.6 Å². The maximum absolute atomic E-state index is 14.3. The Balaban J connectivity index is 1.81. The molecular weight excluding hydrogens is 415 g/mol. The van der Waals surface area contributed by atoms with Gasteiger partial charge < -0.3 is 14.4 Å². The van der Waals surface area contributed by atoms with E-state index in [1.165, 1.54) is 6.07 Å². The number of hydrogen-bond donors (Lipinski definition) is 1. The first-order valence-electron chi connectivity index (χ1n) is 10.4. The Morgan fingerprint density at radius 2 is 1.97 bits per heavy atom. The van der Waals surface area contributed by atoms with Crippen molar-refractivity contribution in [3.8, 4) is 11.4 Å². The van der Waals surface area contributed by atoms with Gasteiger partial charge in [-0.25, -0.2) is 14.2 Å². The van der Waals surface area contributed by atoms with Gasteiger partial charge in [0.2, 0.25) is 0 Å². The molecule has 0 spiro atoms. The summed E-state index contributed by atoms with van der Waals surface area (Å²) in [7, 11) is -1.90. The van der Waals surface area contributed by atoms with Crippen molar-refractivity contribution in [2.45, 2.75) is 51.7 Å². The zero-order valence-corrected chi connectivity index (χ0v) is 18.9. The maximum atomic E-state index is 14.3. The van der Waals surface area contributed by atoms with E-state index in [-0.39, 0.29) is 24.4 Å². The topological polar surface area (TPSA) is 81.4 Å². The van der Waals surface area contributed by atoms with Gasteiger partial charge in [-0.15, -0.1) is 0 Å². The molecule has 1 aromatic carbocycles. The molecule has 0 unspecified atom stereocenters. The van der Waals surface area contributed by atoms with Gasteiger partial charge in [0.15, 0.2) is 5.60 Å². The monoisotopic (exact) mass is 438 g/mol. The largest absolute Gasteiger partial charge is 0.458 e. The van der Waals surface area contributed by atoms with Crippen LogP contribution in [0.3, 0.4) is 0 Å². The lowest BCUT2D eigenvalue weighted by atomic mass is 9.86. The van der Waals surface area contributed by atoms with Crippen molar-refractivity contribution in [3.05, 3.63) is 57.1 Å². The standard InChI is InChI=1S/C23H23FN2O4Si/c1-5-23(29)16-9-17-19-13(10-26(17)21(27)15(16)11-30-22(23)28)6-12-7-14(24)8-18(20(12)25-19)31(2,3)4/h6-9,29H,5,10-11H2,1-4H3/t23-/m0/s1. The molecule has 0 saturated heterocycles. The minimum absolute atomic E-state index is 0.0960. The number of carbonyl (C=O) groups is 1. The van der Waals surface area contributed by atoms with E-state index >= 15 is 0 Å². The minimum atomic E-state index is -1.90. The summed E-state index contributed by atoms with van der Waals surface area (Å²) in [5.41, 5.74) is 1.18. The Bertz CT molecular complexity index is 1360. The molecule has 2 aliphatic heterocycles. The summed E-state index contributed by atoms with van der Waals surface area (Å²) < 4.78 is 21.0. The maximum Gasteiger partial charge on any atom is 0.343 e. The third kappa shape index (κ3) is 2.74. The van der Waals surface area contributed by atoms with Gasteiger partial charge >= 0.3 is 5.97 Å². The Morgan fingerprint density at radius 1 is 1.23 bits per heavy atom. The van der Waals surface area contributed by atoms with Crippen molar-refractivity contribution in [3.63, 3.8) is 0 Å². The molecular formula is C23H23FN2O4Si. The van der Waals surface area contributed by atoms with Gasteiger partial charge in [0, 0.05) is 16.5 Å². The van der Waals surface area contributed by atoms with Crippen molar-refractivity contribution in [1.29, 1.82) is 0 Å². The summed E-state index contributed by atoms with van der Waals surface area (Å²) in [5, 5.41) is 12.6. The van der Waals surface area contributed by atoms with Gasteiger partial charge in [-0.1, -0.05) is 26.6 Å². The van der Waals surface area contributed by atoms with Crippen LogP contribution >= 0.6 is 0 Å². The average Bonchev–Trinajstić information content (AvgIpc) is 3.06. The number of rotatable bonds is 2. The Morgan fingerprint density at radius 3 is 2.65 bits per heavy atom. The third-order valence-corrected chi connectivity index (χ3v) is 8.38. The zero-order valence-electron chi connectivity index (χ0n) is 17.9. The number of pyridine rings is 2. The Labute approximate surface area is 179 Å². The van der Waals surface area contributed by atoms with Crippen molar-refractivity contribution in [1.82, 2.24) is 9.55 Å². The first-order valence-corrected chi connectivity index (χ1v) is 13.9. The number of nitrogens with zero attached hydrogens (tertiary/aromatic N) is 2. The predicted octanol–water partition coefficient (Wildman–Crippen LogP) is 2.76. The van der Waals surface area contributed by atoms with Crippen molar-refractivity contribution in [2.24, 2.45) is 0 Å². The van der Waals surface area contributed by atoms with Crippen molar-refractivity contribution in [2.75, 3.05) is 0 Å². The summed E-state index contributed by atoms with van der Waals surface area (Å²) >= 11 is 0. The first-order chi connectivity index (χ1) is 14.5. The summed E-state index contributed by atoms with van der Waals surface area (Å²) in [6, 6.07) is 6.63. The van der Waals surface area contributed by atoms with E-state index < -0.39 is 19.6 Å². The molecule has 0 fully saturated rings. The quantitative estimate of drug-likeness (QED) is 0.385. The number of carbonyl (C=O) groups excluding carboxylic acids is 1. The lowest BCUT2D eigenvalue weighted by Crippen LogP contribution is -2.44. The number of esters is 1. The van der Waals surface area contributed by atoms with Gasteiger partial charge in [0.1, 0.15) is 12.4 Å². The smallest absolute Gasteiger partial charge is 0.343 e. The Hall–Kier alpha value is -2.84. The highest BCUT2D eigenvalue weighted by atomic mass is 28.3. The lowest BCUT2D eigenvalue weighted by Gasteiger charge is -2.31. The summed E-state index contributed by atoms with van der Waals surface area (Å²) in [4.78, 5) is 30.4. The van der Waals surface area contributed by atoms with E-state index in [9.17, 15) is 19.1 Å². The molecule has 2 aromatic heterocycles. The van der Waals surface area contributed by atoms with Crippen LogP contribution in [0.15, 0.2) is 29.1 Å². The van der Waals surface area contributed by atoms with Crippen LogP contribution in [0.25, 0.3) is 22.3 Å².